The van der Waals surface area contributed by atoms with Crippen LogP contribution in [0.5, 0.6) is 0 Å². The van der Waals surface area contributed by atoms with Gasteiger partial charge in [-0.2, -0.15) is 0 Å². The van der Waals surface area contributed by atoms with Gasteiger partial charge < -0.3 is 5.32 Å². The smallest absolute Gasteiger partial charge is 0.0738 e. The second-order valence-electron chi connectivity index (χ2n) is 4.59. The molecule has 2 unspecified atom stereocenters. The second-order valence-corrected chi connectivity index (χ2v) is 4.59. The van der Waals surface area contributed by atoms with E-state index in [-0.39, 0.29) is 0 Å². The van der Waals surface area contributed by atoms with Gasteiger partial charge in [0.15, 0.2) is 0 Å². The fourth-order valence-electron chi connectivity index (χ4n) is 2.20. The van der Waals surface area contributed by atoms with Crippen LogP contribution >= 0.6 is 0 Å². The minimum atomic E-state index is 0.604. The molecular formula is C13H16N4. The zero-order chi connectivity index (χ0) is 11.7. The number of aryl methyl sites for hydroxylation is 1. The van der Waals surface area contributed by atoms with Crippen molar-refractivity contribution in [3.8, 4) is 0 Å². The van der Waals surface area contributed by atoms with Gasteiger partial charge in [-0.3, -0.25) is 4.68 Å². The molecule has 0 spiro atoms. The molecule has 4 heteroatoms. The first-order valence-corrected chi connectivity index (χ1v) is 5.96. The summed E-state index contributed by atoms with van der Waals surface area (Å²) in [5, 5.41) is 11.3. The van der Waals surface area contributed by atoms with Crippen LogP contribution in [0.1, 0.15) is 23.6 Å². The van der Waals surface area contributed by atoms with Crippen LogP contribution in [0.2, 0.25) is 0 Å². The predicted octanol–water partition coefficient (Wildman–Crippen LogP) is 1.46. The third-order valence-electron chi connectivity index (χ3n) is 3.37. The summed E-state index contributed by atoms with van der Waals surface area (Å²) in [5.41, 5.74) is 2.57. The molecule has 88 valence electrons. The first kappa shape index (κ1) is 10.5. The summed E-state index contributed by atoms with van der Waals surface area (Å²) in [7, 11) is 1.92. The van der Waals surface area contributed by atoms with Gasteiger partial charge in [0.1, 0.15) is 0 Å². The maximum Gasteiger partial charge on any atom is 0.0738 e. The minimum Gasteiger partial charge on any atom is -0.308 e. The van der Waals surface area contributed by atoms with Crippen molar-refractivity contribution in [2.45, 2.75) is 24.9 Å². The third kappa shape index (κ3) is 2.22. The topological polar surface area (TPSA) is 42.7 Å². The Morgan fingerprint density at radius 1 is 1.35 bits per heavy atom. The van der Waals surface area contributed by atoms with Crippen molar-refractivity contribution in [3.63, 3.8) is 0 Å². The van der Waals surface area contributed by atoms with E-state index in [1.165, 1.54) is 12.0 Å². The normalized spacial score (nSPS) is 22.6. The molecule has 0 bridgehead atoms. The maximum atomic E-state index is 3.92. The summed E-state index contributed by atoms with van der Waals surface area (Å²) in [6.45, 7) is 0.845. The molecule has 1 fully saturated rings. The summed E-state index contributed by atoms with van der Waals surface area (Å²) < 4.78 is 1.81. The van der Waals surface area contributed by atoms with Crippen molar-refractivity contribution >= 4 is 0 Å². The lowest BCUT2D eigenvalue weighted by molar-refractivity contribution is 0.608. The minimum absolute atomic E-state index is 0.604. The molecule has 1 aliphatic carbocycles. The Balaban J connectivity index is 1.55. The third-order valence-corrected chi connectivity index (χ3v) is 3.37. The van der Waals surface area contributed by atoms with Crippen LogP contribution in [0.15, 0.2) is 36.5 Å². The number of nitrogens with zero attached hydrogens (tertiary/aromatic N) is 3. The molecule has 1 aromatic heterocycles. The van der Waals surface area contributed by atoms with Crippen molar-refractivity contribution in [1.82, 2.24) is 20.3 Å². The highest BCUT2D eigenvalue weighted by molar-refractivity contribution is 5.27. The number of hydrogen-bond acceptors (Lipinski definition) is 3. The predicted molar refractivity (Wildman–Crippen MR) is 65.4 cm³/mol. The van der Waals surface area contributed by atoms with Gasteiger partial charge in [-0.25, -0.2) is 0 Å². The summed E-state index contributed by atoms with van der Waals surface area (Å²) in [6.07, 6.45) is 3.04. The van der Waals surface area contributed by atoms with E-state index in [4.69, 9.17) is 0 Å². The fraction of sp³-hybridized carbons (Fsp3) is 0.385. The number of hydrogen-bond donors (Lipinski definition) is 1. The average molecular weight is 228 g/mol. The summed E-state index contributed by atoms with van der Waals surface area (Å²) >= 11 is 0. The van der Waals surface area contributed by atoms with Gasteiger partial charge in [-0.05, 0) is 12.0 Å². The lowest BCUT2D eigenvalue weighted by atomic mass is 10.1. The van der Waals surface area contributed by atoms with E-state index in [1.54, 1.807) is 0 Å². The van der Waals surface area contributed by atoms with Crippen LogP contribution in [0.4, 0.5) is 0 Å². The molecule has 1 saturated carbocycles. The van der Waals surface area contributed by atoms with Gasteiger partial charge in [0.2, 0.25) is 0 Å². The molecule has 17 heavy (non-hydrogen) atoms. The maximum absolute atomic E-state index is 3.92. The fourth-order valence-corrected chi connectivity index (χ4v) is 2.20. The number of rotatable bonds is 4. The van der Waals surface area contributed by atoms with Gasteiger partial charge in [0.05, 0.1) is 11.9 Å². The molecule has 0 radical (unpaired) electrons. The Labute approximate surface area is 101 Å². The molecule has 4 nitrogen and oxygen atoms in total. The largest absolute Gasteiger partial charge is 0.308 e. The van der Waals surface area contributed by atoms with Gasteiger partial charge in [-0.1, -0.05) is 35.5 Å². The Kier molecular flexibility index (Phi) is 2.65. The first-order valence-electron chi connectivity index (χ1n) is 5.96. The highest BCUT2D eigenvalue weighted by atomic mass is 15.4. The lowest BCUT2D eigenvalue weighted by Crippen LogP contribution is -2.19. The molecule has 3 rings (SSSR count). The van der Waals surface area contributed by atoms with Crippen LogP contribution in [-0.2, 0) is 13.6 Å². The van der Waals surface area contributed by atoms with E-state index in [1.807, 2.05) is 17.9 Å². The zero-order valence-corrected chi connectivity index (χ0v) is 9.87. The molecular weight excluding hydrogens is 212 g/mol. The van der Waals surface area contributed by atoms with Gasteiger partial charge >= 0.3 is 0 Å². The molecule has 0 amide bonds. The summed E-state index contributed by atoms with van der Waals surface area (Å²) in [6, 6.07) is 11.3. The standard InChI is InChI=1S/C13H16N4/c1-17-11(9-15-16-17)8-14-13-7-12(13)10-5-3-2-4-6-10/h2-6,9,12-14H,7-8H2,1H3. The molecule has 1 aromatic carbocycles. The summed E-state index contributed by atoms with van der Waals surface area (Å²) in [5.74, 6) is 0.678. The first-order chi connectivity index (χ1) is 8.34. The van der Waals surface area contributed by atoms with E-state index in [9.17, 15) is 0 Å². The van der Waals surface area contributed by atoms with Gasteiger partial charge in [0, 0.05) is 25.6 Å². The molecule has 0 saturated heterocycles. The molecule has 1 heterocycles. The van der Waals surface area contributed by atoms with Crippen molar-refractivity contribution in [3.05, 3.63) is 47.8 Å². The molecule has 1 aliphatic rings. The molecule has 1 N–H and O–H groups in total. The second kappa shape index (κ2) is 4.30. The van der Waals surface area contributed by atoms with Crippen LogP contribution in [0, 0.1) is 0 Å². The Morgan fingerprint density at radius 2 is 2.18 bits per heavy atom. The van der Waals surface area contributed by atoms with Gasteiger partial charge in [-0.15, -0.1) is 5.10 Å². The number of nitrogens with one attached hydrogen (secondary N) is 1. The van der Waals surface area contributed by atoms with Crippen LogP contribution in [-0.4, -0.2) is 21.0 Å². The highest BCUT2D eigenvalue weighted by Gasteiger charge is 2.37. The monoisotopic (exact) mass is 228 g/mol. The highest BCUT2D eigenvalue weighted by Crippen LogP contribution is 2.40. The number of aromatic nitrogens is 3. The molecule has 2 atom stereocenters. The molecule has 2 aromatic rings. The van der Waals surface area contributed by atoms with Crippen LogP contribution in [0.25, 0.3) is 0 Å². The Hall–Kier alpha value is -1.68. The van der Waals surface area contributed by atoms with E-state index in [0.29, 0.717) is 12.0 Å². The van der Waals surface area contributed by atoms with Crippen LogP contribution in [0.3, 0.4) is 0 Å². The Bertz CT molecular complexity index is 491. The zero-order valence-electron chi connectivity index (χ0n) is 9.87. The summed E-state index contributed by atoms with van der Waals surface area (Å²) in [4.78, 5) is 0. The Morgan fingerprint density at radius 3 is 2.88 bits per heavy atom. The average Bonchev–Trinajstić information content (AvgIpc) is 3.04. The van der Waals surface area contributed by atoms with Crippen molar-refractivity contribution in [1.29, 1.82) is 0 Å². The van der Waals surface area contributed by atoms with Crippen molar-refractivity contribution < 1.29 is 0 Å². The van der Waals surface area contributed by atoms with Crippen molar-refractivity contribution in [2.75, 3.05) is 0 Å². The van der Waals surface area contributed by atoms with Gasteiger partial charge in [0.25, 0.3) is 0 Å². The van der Waals surface area contributed by atoms with E-state index >= 15 is 0 Å². The number of benzene rings is 1. The van der Waals surface area contributed by atoms with Crippen molar-refractivity contribution in [2.24, 2.45) is 7.05 Å². The quantitative estimate of drug-likeness (QED) is 0.861. The van der Waals surface area contributed by atoms with Crippen LogP contribution < -0.4 is 5.32 Å². The van der Waals surface area contributed by atoms with E-state index < -0.39 is 0 Å². The SMILES string of the molecule is Cn1nncc1CNC1CC1c1ccccc1. The van der Waals surface area contributed by atoms with E-state index in [0.717, 1.165) is 12.2 Å². The molecule has 0 aliphatic heterocycles. The lowest BCUT2D eigenvalue weighted by Gasteiger charge is -2.04. The van der Waals surface area contributed by atoms with E-state index in [2.05, 4.69) is 46.0 Å².